The summed E-state index contributed by atoms with van der Waals surface area (Å²) in [6, 6.07) is 22.4. The molecule has 0 radical (unpaired) electrons. The normalized spacial score (nSPS) is 10.4. The Morgan fingerprint density at radius 1 is 0.929 bits per heavy atom. The lowest BCUT2D eigenvalue weighted by Gasteiger charge is -2.10. The third-order valence-corrected chi connectivity index (χ3v) is 5.39. The van der Waals surface area contributed by atoms with E-state index in [-0.39, 0.29) is 5.78 Å². The van der Waals surface area contributed by atoms with Crippen LogP contribution in [0.25, 0.3) is 10.9 Å². The highest BCUT2D eigenvalue weighted by Gasteiger charge is 2.20. The summed E-state index contributed by atoms with van der Waals surface area (Å²) >= 11 is 8.18. The van der Waals surface area contributed by atoms with Gasteiger partial charge in [-0.3, -0.25) is 9.78 Å². The Balaban J connectivity index is 1.94. The number of halogens is 2. The van der Waals surface area contributed by atoms with E-state index < -0.39 is 0 Å². The van der Waals surface area contributed by atoms with Gasteiger partial charge >= 0.3 is 0 Å². The highest BCUT2D eigenvalue weighted by Crippen LogP contribution is 2.28. The van der Waals surface area contributed by atoms with E-state index in [1.807, 2.05) is 60.7 Å². The molecular formula is C24H13ClINO. The molecule has 134 valence electrons. The molecule has 2 nitrogen and oxygen atoms in total. The molecule has 0 aliphatic carbocycles. The molecule has 0 N–H and O–H groups in total. The summed E-state index contributed by atoms with van der Waals surface area (Å²) in [7, 11) is 0. The first-order valence-corrected chi connectivity index (χ1v) is 10.0. The van der Waals surface area contributed by atoms with Crippen molar-refractivity contribution in [1.82, 2.24) is 4.98 Å². The summed E-state index contributed by atoms with van der Waals surface area (Å²) in [5.41, 5.74) is 3.34. The minimum absolute atomic E-state index is 0.0803. The molecule has 1 heterocycles. The number of carbonyl (C=O) groups excluding carboxylic acids is 1. The number of aromatic nitrogens is 1. The molecule has 1 aromatic heterocycles. The first kappa shape index (κ1) is 18.7. The number of benzene rings is 3. The molecule has 0 amide bonds. The van der Waals surface area contributed by atoms with Crippen molar-refractivity contribution >= 4 is 50.9 Å². The number of rotatable bonds is 2. The number of ketones is 1. The summed E-state index contributed by atoms with van der Waals surface area (Å²) in [5.74, 6) is 6.27. The average Bonchev–Trinajstić information content (AvgIpc) is 2.73. The fourth-order valence-corrected chi connectivity index (χ4v) is 3.80. The molecule has 0 unspecified atom stereocenters. The van der Waals surface area contributed by atoms with Crippen LogP contribution >= 0.6 is 34.2 Å². The predicted molar refractivity (Wildman–Crippen MR) is 122 cm³/mol. The molecule has 4 heteroatoms. The molecule has 0 aliphatic rings. The Morgan fingerprint density at radius 2 is 1.68 bits per heavy atom. The third-order valence-electron chi connectivity index (χ3n) is 4.29. The Morgan fingerprint density at radius 3 is 2.43 bits per heavy atom. The molecular weight excluding hydrogens is 481 g/mol. The van der Waals surface area contributed by atoms with Crippen LogP contribution in [0, 0.1) is 15.4 Å². The third kappa shape index (κ3) is 3.80. The van der Waals surface area contributed by atoms with Gasteiger partial charge in [0, 0.05) is 31.3 Å². The van der Waals surface area contributed by atoms with Gasteiger partial charge in [-0.15, -0.1) is 0 Å². The molecule has 0 fully saturated rings. The predicted octanol–water partition coefficient (Wildman–Crippen LogP) is 6.12. The fourth-order valence-electron chi connectivity index (χ4n) is 2.93. The molecule has 4 rings (SSSR count). The second kappa shape index (κ2) is 8.14. The highest BCUT2D eigenvalue weighted by molar-refractivity contribution is 14.1. The average molecular weight is 494 g/mol. The zero-order valence-corrected chi connectivity index (χ0v) is 17.5. The number of pyridine rings is 1. The number of carbonyl (C=O) groups is 1. The molecule has 0 atom stereocenters. The Hall–Kier alpha value is -2.68. The zero-order valence-electron chi connectivity index (χ0n) is 14.6. The van der Waals surface area contributed by atoms with Crippen molar-refractivity contribution in [3.63, 3.8) is 0 Å². The summed E-state index contributed by atoms with van der Waals surface area (Å²) in [4.78, 5) is 17.8. The largest absolute Gasteiger partial charge is 0.288 e. The van der Waals surface area contributed by atoms with Gasteiger partial charge < -0.3 is 0 Å². The van der Waals surface area contributed by atoms with Crippen molar-refractivity contribution in [3.05, 3.63) is 110 Å². The van der Waals surface area contributed by atoms with Crippen LogP contribution in [0.2, 0.25) is 5.02 Å². The van der Waals surface area contributed by atoms with Crippen LogP contribution in [0.3, 0.4) is 0 Å². The Kier molecular flexibility index (Phi) is 5.43. The number of hydrogen-bond acceptors (Lipinski definition) is 2. The first-order valence-electron chi connectivity index (χ1n) is 8.58. The van der Waals surface area contributed by atoms with Gasteiger partial charge in [-0.1, -0.05) is 59.8 Å². The standard InChI is InChI=1S/C24H13ClINO/c25-19-11-8-16(9-12-19)10-13-20-21(26)15-18-7-4-14-27-23(18)22(20)24(28)17-5-2-1-3-6-17/h1-9,11-12,14-15H. The quantitative estimate of drug-likeness (QED) is 0.191. The number of nitrogens with zero attached hydrogens (tertiary/aromatic N) is 1. The molecule has 4 aromatic rings. The Labute approximate surface area is 181 Å². The van der Waals surface area contributed by atoms with E-state index in [2.05, 4.69) is 39.4 Å². The molecule has 0 spiro atoms. The van der Waals surface area contributed by atoms with Crippen molar-refractivity contribution in [1.29, 1.82) is 0 Å². The van der Waals surface area contributed by atoms with Crippen LogP contribution in [0.5, 0.6) is 0 Å². The summed E-state index contributed by atoms with van der Waals surface area (Å²) in [5, 5.41) is 1.58. The lowest BCUT2D eigenvalue weighted by atomic mass is 9.95. The second-order valence-corrected chi connectivity index (χ2v) is 7.73. The molecule has 0 bridgehead atoms. The van der Waals surface area contributed by atoms with Crippen LogP contribution in [-0.2, 0) is 0 Å². The highest BCUT2D eigenvalue weighted by atomic mass is 127. The maximum absolute atomic E-state index is 13.4. The van der Waals surface area contributed by atoms with Crippen molar-refractivity contribution in [3.8, 4) is 11.8 Å². The van der Waals surface area contributed by atoms with Crippen LogP contribution in [0.1, 0.15) is 27.0 Å². The number of fused-ring (bicyclic) bond motifs is 1. The van der Waals surface area contributed by atoms with E-state index in [1.165, 1.54) is 0 Å². The summed E-state index contributed by atoms with van der Waals surface area (Å²) < 4.78 is 0.916. The molecule has 0 aliphatic heterocycles. The van der Waals surface area contributed by atoms with Crippen LogP contribution in [0.15, 0.2) is 79.0 Å². The van der Waals surface area contributed by atoms with Crippen molar-refractivity contribution < 1.29 is 4.79 Å². The van der Waals surface area contributed by atoms with E-state index in [4.69, 9.17) is 11.6 Å². The molecule has 0 saturated carbocycles. The maximum Gasteiger partial charge on any atom is 0.196 e. The van der Waals surface area contributed by atoms with Gasteiger partial charge in [0.25, 0.3) is 0 Å². The van der Waals surface area contributed by atoms with Gasteiger partial charge in [-0.25, -0.2) is 0 Å². The minimum Gasteiger partial charge on any atom is -0.288 e. The minimum atomic E-state index is -0.0803. The molecule has 0 saturated heterocycles. The van der Waals surface area contributed by atoms with Gasteiger partial charge in [0.15, 0.2) is 5.78 Å². The van der Waals surface area contributed by atoms with E-state index >= 15 is 0 Å². The van der Waals surface area contributed by atoms with Gasteiger partial charge in [-0.05, 0) is 59.0 Å². The zero-order chi connectivity index (χ0) is 19.5. The SMILES string of the molecule is O=C(c1ccccc1)c1c(C#Cc2ccc(Cl)cc2)c(I)cc2cccnc12. The number of hydrogen-bond donors (Lipinski definition) is 0. The first-order chi connectivity index (χ1) is 13.6. The lowest BCUT2D eigenvalue weighted by molar-refractivity contribution is 0.104. The van der Waals surface area contributed by atoms with Gasteiger partial charge in [0.05, 0.1) is 16.6 Å². The van der Waals surface area contributed by atoms with E-state index in [0.29, 0.717) is 27.2 Å². The monoisotopic (exact) mass is 493 g/mol. The second-order valence-electron chi connectivity index (χ2n) is 6.14. The van der Waals surface area contributed by atoms with E-state index in [9.17, 15) is 4.79 Å². The maximum atomic E-state index is 13.4. The van der Waals surface area contributed by atoms with Crippen molar-refractivity contribution in [2.24, 2.45) is 0 Å². The van der Waals surface area contributed by atoms with Crippen molar-refractivity contribution in [2.45, 2.75) is 0 Å². The topological polar surface area (TPSA) is 30.0 Å². The van der Waals surface area contributed by atoms with Gasteiger partial charge in [-0.2, -0.15) is 0 Å². The fraction of sp³-hybridized carbons (Fsp3) is 0. The van der Waals surface area contributed by atoms with Crippen LogP contribution in [0.4, 0.5) is 0 Å². The van der Waals surface area contributed by atoms with E-state index in [0.717, 1.165) is 14.5 Å². The summed E-state index contributed by atoms with van der Waals surface area (Å²) in [6.45, 7) is 0. The molecule has 3 aromatic carbocycles. The summed E-state index contributed by atoms with van der Waals surface area (Å²) in [6.07, 6.45) is 1.70. The molecule has 28 heavy (non-hydrogen) atoms. The van der Waals surface area contributed by atoms with Gasteiger partial charge in [0.2, 0.25) is 0 Å². The smallest absolute Gasteiger partial charge is 0.196 e. The Bertz CT molecular complexity index is 1240. The van der Waals surface area contributed by atoms with Gasteiger partial charge in [0.1, 0.15) is 0 Å². The van der Waals surface area contributed by atoms with E-state index in [1.54, 1.807) is 18.3 Å². The van der Waals surface area contributed by atoms with Crippen LogP contribution in [-0.4, -0.2) is 10.8 Å². The van der Waals surface area contributed by atoms with Crippen molar-refractivity contribution in [2.75, 3.05) is 0 Å². The van der Waals surface area contributed by atoms with Crippen LogP contribution < -0.4 is 0 Å². The lowest BCUT2D eigenvalue weighted by Crippen LogP contribution is -2.07.